The van der Waals surface area contributed by atoms with Crippen LogP contribution in [0.5, 0.6) is 0 Å². The summed E-state index contributed by atoms with van der Waals surface area (Å²) in [4.78, 5) is 20.1. The maximum Gasteiger partial charge on any atom is 0.308 e. The average molecular weight is 388 g/mol. The highest BCUT2D eigenvalue weighted by Crippen LogP contribution is 2.28. The zero-order valence-corrected chi connectivity index (χ0v) is 15.6. The van der Waals surface area contributed by atoms with Gasteiger partial charge in [0, 0.05) is 6.20 Å². The SMILES string of the molecule is CC(C)C(=O)OC[C@@H](Nc1nc(Cl)ncc1-c1nnco1)c1ccccc1. The normalized spacial score (nSPS) is 12.0. The van der Waals surface area contributed by atoms with E-state index < -0.39 is 0 Å². The Morgan fingerprint density at radius 1 is 1.30 bits per heavy atom. The minimum Gasteiger partial charge on any atom is -0.463 e. The standard InChI is InChI=1S/C18H18ClN5O3/c1-11(2)17(25)26-9-14(12-6-4-3-5-7-12)22-15-13(8-20-18(19)23-15)16-24-21-10-27-16/h3-8,10-11,14H,9H2,1-2H3,(H,20,22,23)/t14-/m1/s1. The van der Waals surface area contributed by atoms with E-state index in [1.54, 1.807) is 13.8 Å². The summed E-state index contributed by atoms with van der Waals surface area (Å²) in [6.45, 7) is 3.68. The van der Waals surface area contributed by atoms with Crippen molar-refractivity contribution in [1.29, 1.82) is 0 Å². The van der Waals surface area contributed by atoms with Crippen molar-refractivity contribution in [1.82, 2.24) is 20.2 Å². The number of nitrogens with zero attached hydrogens (tertiary/aromatic N) is 4. The van der Waals surface area contributed by atoms with Gasteiger partial charge in [-0.2, -0.15) is 4.98 Å². The van der Waals surface area contributed by atoms with Gasteiger partial charge >= 0.3 is 5.97 Å². The molecule has 8 nitrogen and oxygen atoms in total. The molecule has 140 valence electrons. The molecule has 0 fully saturated rings. The number of anilines is 1. The lowest BCUT2D eigenvalue weighted by Gasteiger charge is -2.21. The second-order valence-corrected chi connectivity index (χ2v) is 6.38. The molecular weight excluding hydrogens is 370 g/mol. The van der Waals surface area contributed by atoms with Crippen LogP contribution in [0.4, 0.5) is 5.82 Å². The summed E-state index contributed by atoms with van der Waals surface area (Å²) >= 11 is 5.96. The second-order valence-electron chi connectivity index (χ2n) is 6.04. The number of carbonyl (C=O) groups is 1. The predicted molar refractivity (Wildman–Crippen MR) is 98.9 cm³/mol. The highest BCUT2D eigenvalue weighted by Gasteiger charge is 2.20. The highest BCUT2D eigenvalue weighted by atomic mass is 35.5. The number of ether oxygens (including phenoxy) is 1. The molecule has 0 bridgehead atoms. The number of rotatable bonds is 7. The van der Waals surface area contributed by atoms with Crippen molar-refractivity contribution in [2.24, 2.45) is 5.92 Å². The van der Waals surface area contributed by atoms with Gasteiger partial charge in [0.25, 0.3) is 5.89 Å². The number of hydrogen-bond donors (Lipinski definition) is 1. The van der Waals surface area contributed by atoms with E-state index in [-0.39, 0.29) is 35.7 Å². The van der Waals surface area contributed by atoms with Crippen molar-refractivity contribution in [3.05, 3.63) is 53.8 Å². The molecule has 27 heavy (non-hydrogen) atoms. The van der Waals surface area contributed by atoms with Crippen molar-refractivity contribution in [3.8, 4) is 11.5 Å². The van der Waals surface area contributed by atoms with Crippen LogP contribution < -0.4 is 5.32 Å². The monoisotopic (exact) mass is 387 g/mol. The van der Waals surface area contributed by atoms with Crippen LogP contribution in [0.15, 0.2) is 47.3 Å². The number of aromatic nitrogens is 4. The Bertz CT molecular complexity index is 887. The Morgan fingerprint density at radius 3 is 2.74 bits per heavy atom. The van der Waals surface area contributed by atoms with Gasteiger partial charge in [-0.1, -0.05) is 44.2 Å². The molecule has 2 heterocycles. The molecule has 1 aromatic carbocycles. The summed E-state index contributed by atoms with van der Waals surface area (Å²) in [6.07, 6.45) is 2.71. The van der Waals surface area contributed by atoms with Gasteiger partial charge in [0.2, 0.25) is 11.7 Å². The first-order valence-corrected chi connectivity index (χ1v) is 8.69. The van der Waals surface area contributed by atoms with Crippen LogP contribution in [0, 0.1) is 5.92 Å². The molecule has 0 saturated heterocycles. The molecule has 1 N–H and O–H groups in total. The van der Waals surface area contributed by atoms with Crippen LogP contribution in [0.3, 0.4) is 0 Å². The third-order valence-corrected chi connectivity index (χ3v) is 3.91. The fraction of sp³-hybridized carbons (Fsp3) is 0.278. The van der Waals surface area contributed by atoms with E-state index in [0.29, 0.717) is 11.4 Å². The van der Waals surface area contributed by atoms with Crippen molar-refractivity contribution < 1.29 is 13.9 Å². The number of esters is 1. The first-order chi connectivity index (χ1) is 13.0. The van der Waals surface area contributed by atoms with E-state index >= 15 is 0 Å². The van der Waals surface area contributed by atoms with E-state index in [9.17, 15) is 4.79 Å². The van der Waals surface area contributed by atoms with Crippen LogP contribution in [0.1, 0.15) is 25.5 Å². The number of halogens is 1. The van der Waals surface area contributed by atoms with Gasteiger partial charge in [-0.15, -0.1) is 10.2 Å². The molecule has 3 aromatic rings. The van der Waals surface area contributed by atoms with Crippen molar-refractivity contribution >= 4 is 23.4 Å². The van der Waals surface area contributed by atoms with Gasteiger partial charge in [-0.25, -0.2) is 4.98 Å². The Kier molecular flexibility index (Phi) is 5.97. The largest absolute Gasteiger partial charge is 0.463 e. The van der Waals surface area contributed by atoms with Crippen LogP contribution in [-0.4, -0.2) is 32.7 Å². The number of benzene rings is 1. The second kappa shape index (κ2) is 8.59. The molecule has 3 rings (SSSR count). The average Bonchev–Trinajstić information content (AvgIpc) is 3.20. The van der Waals surface area contributed by atoms with E-state index in [0.717, 1.165) is 5.56 Å². The van der Waals surface area contributed by atoms with Gasteiger partial charge in [0.05, 0.1) is 17.5 Å². The number of nitrogens with one attached hydrogen (secondary N) is 1. The zero-order valence-electron chi connectivity index (χ0n) is 14.8. The van der Waals surface area contributed by atoms with E-state index in [1.165, 1.54) is 12.6 Å². The molecule has 0 aliphatic rings. The summed E-state index contributed by atoms with van der Waals surface area (Å²) in [7, 11) is 0. The van der Waals surface area contributed by atoms with Crippen molar-refractivity contribution in [2.45, 2.75) is 19.9 Å². The summed E-state index contributed by atoms with van der Waals surface area (Å²) < 4.78 is 10.7. The molecule has 2 aromatic heterocycles. The summed E-state index contributed by atoms with van der Waals surface area (Å²) in [5.41, 5.74) is 1.41. The molecule has 0 amide bonds. The van der Waals surface area contributed by atoms with E-state index in [1.807, 2.05) is 30.3 Å². The minimum absolute atomic E-state index is 0.0618. The summed E-state index contributed by atoms with van der Waals surface area (Å²) in [5, 5.41) is 10.9. The van der Waals surface area contributed by atoms with Gasteiger partial charge in [0.1, 0.15) is 12.4 Å². The minimum atomic E-state index is -0.360. The Morgan fingerprint density at radius 2 is 2.07 bits per heavy atom. The molecular formula is C18H18ClN5O3. The lowest BCUT2D eigenvalue weighted by molar-refractivity contribution is -0.147. The predicted octanol–water partition coefficient (Wildman–Crippen LogP) is 3.53. The smallest absolute Gasteiger partial charge is 0.308 e. The quantitative estimate of drug-likeness (QED) is 0.485. The maximum atomic E-state index is 11.9. The highest BCUT2D eigenvalue weighted by molar-refractivity contribution is 6.28. The lowest BCUT2D eigenvalue weighted by atomic mass is 10.1. The third kappa shape index (κ3) is 4.79. The Labute approximate surface area is 161 Å². The van der Waals surface area contributed by atoms with Crippen LogP contribution >= 0.6 is 11.6 Å². The van der Waals surface area contributed by atoms with Crippen LogP contribution in [0.25, 0.3) is 11.5 Å². The Hall–Kier alpha value is -3.00. The van der Waals surface area contributed by atoms with Crippen LogP contribution in [-0.2, 0) is 9.53 Å². The number of carbonyl (C=O) groups excluding carboxylic acids is 1. The van der Waals surface area contributed by atoms with Crippen LogP contribution in [0.2, 0.25) is 5.28 Å². The van der Waals surface area contributed by atoms with Crippen molar-refractivity contribution in [3.63, 3.8) is 0 Å². The van der Waals surface area contributed by atoms with Gasteiger partial charge in [-0.05, 0) is 17.2 Å². The van der Waals surface area contributed by atoms with Gasteiger partial charge < -0.3 is 14.5 Å². The number of hydrogen-bond acceptors (Lipinski definition) is 8. The van der Waals surface area contributed by atoms with Crippen molar-refractivity contribution in [2.75, 3.05) is 11.9 Å². The molecule has 9 heteroatoms. The maximum absolute atomic E-state index is 11.9. The van der Waals surface area contributed by atoms with Gasteiger partial charge in [-0.3, -0.25) is 4.79 Å². The first-order valence-electron chi connectivity index (χ1n) is 8.31. The van der Waals surface area contributed by atoms with E-state index in [2.05, 4.69) is 25.5 Å². The summed E-state index contributed by atoms with van der Waals surface area (Å²) in [5.74, 6) is 0.147. The first kappa shape index (κ1) is 18.8. The molecule has 0 aliphatic carbocycles. The molecule has 0 unspecified atom stereocenters. The zero-order chi connectivity index (χ0) is 19.2. The van der Waals surface area contributed by atoms with Gasteiger partial charge in [0.15, 0.2) is 0 Å². The molecule has 0 aliphatic heterocycles. The third-order valence-electron chi connectivity index (χ3n) is 3.73. The summed E-state index contributed by atoms with van der Waals surface area (Å²) in [6, 6.07) is 9.21. The Balaban J connectivity index is 1.90. The fourth-order valence-corrected chi connectivity index (χ4v) is 2.45. The molecule has 0 spiro atoms. The molecule has 0 saturated carbocycles. The molecule has 0 radical (unpaired) electrons. The molecule has 1 atom stereocenters. The topological polar surface area (TPSA) is 103 Å². The lowest BCUT2D eigenvalue weighted by Crippen LogP contribution is -2.22. The van der Waals surface area contributed by atoms with E-state index in [4.69, 9.17) is 20.8 Å². The fourth-order valence-electron chi connectivity index (χ4n) is 2.32.